The van der Waals surface area contributed by atoms with Crippen molar-refractivity contribution in [1.82, 2.24) is 0 Å². The molecule has 0 N–H and O–H groups in total. The van der Waals surface area contributed by atoms with Crippen LogP contribution < -0.4 is 0 Å². The van der Waals surface area contributed by atoms with Crippen molar-refractivity contribution in [2.75, 3.05) is 0 Å². The summed E-state index contributed by atoms with van der Waals surface area (Å²) in [7, 11) is 9.87. The Bertz CT molecular complexity index is 1050. The van der Waals surface area contributed by atoms with Gasteiger partial charge < -0.3 is 13.5 Å². The van der Waals surface area contributed by atoms with Gasteiger partial charge in [0, 0.05) is 0 Å². The van der Waals surface area contributed by atoms with Crippen molar-refractivity contribution < 1.29 is 20.8 Å². The van der Waals surface area contributed by atoms with Crippen molar-refractivity contribution in [2.24, 2.45) is 0 Å². The molecule has 0 bridgehead atoms. The number of halogens is 3. The van der Waals surface area contributed by atoms with Gasteiger partial charge in [-0.2, -0.15) is 29.8 Å². The SMILES string of the molecule is BrC1=CC2C(=Cc3[c-]cccc32)S1.[Cl][Zr][Cl].[SH-].[c-]1cccc2c1Cc1ccccc1-2. The van der Waals surface area contributed by atoms with Crippen LogP contribution in [-0.2, 0) is 40.8 Å². The number of hydrogen-bond donors (Lipinski definition) is 0. The fourth-order valence-corrected chi connectivity index (χ4v) is 5.54. The van der Waals surface area contributed by atoms with E-state index in [9.17, 15) is 0 Å². The third-order valence-electron chi connectivity index (χ3n) is 4.98. The van der Waals surface area contributed by atoms with E-state index < -0.39 is 20.8 Å². The van der Waals surface area contributed by atoms with Gasteiger partial charge >= 0.3 is 37.9 Å². The summed E-state index contributed by atoms with van der Waals surface area (Å²) in [5, 5.41) is 0. The van der Waals surface area contributed by atoms with Gasteiger partial charge in [-0.25, -0.2) is 0 Å². The number of hydrogen-bond acceptors (Lipinski definition) is 2. The summed E-state index contributed by atoms with van der Waals surface area (Å²) in [6.07, 6.45) is 5.54. The zero-order valence-corrected chi connectivity index (χ0v) is 23.0. The van der Waals surface area contributed by atoms with E-state index in [1.807, 2.05) is 23.9 Å². The van der Waals surface area contributed by atoms with Crippen LogP contribution in [0.1, 0.15) is 28.2 Å². The molecule has 0 spiro atoms. The molecule has 6 heteroatoms. The Kier molecular flexibility index (Phi) is 9.44. The second kappa shape index (κ2) is 11.6. The minimum absolute atomic E-state index is 0. The van der Waals surface area contributed by atoms with Crippen molar-refractivity contribution in [2.45, 2.75) is 12.3 Å². The Hall–Kier alpha value is -0.217. The largest absolute Gasteiger partial charge is 0.813 e. The van der Waals surface area contributed by atoms with E-state index in [4.69, 9.17) is 17.0 Å². The number of thioether (sulfide) groups is 1. The molecular formula is C24H16BrCl2S2Zr-3. The van der Waals surface area contributed by atoms with Crippen LogP contribution >= 0.6 is 44.7 Å². The topological polar surface area (TPSA) is 0 Å². The normalized spacial score (nSPS) is 16.0. The van der Waals surface area contributed by atoms with Gasteiger partial charge in [0.15, 0.2) is 0 Å². The van der Waals surface area contributed by atoms with E-state index >= 15 is 0 Å². The minimum atomic E-state index is -0.826. The molecule has 0 amide bonds. The third-order valence-corrected chi connectivity index (χ3v) is 6.67. The van der Waals surface area contributed by atoms with Crippen LogP contribution in [0.4, 0.5) is 0 Å². The molecule has 3 aliphatic rings. The molecule has 2 aliphatic carbocycles. The second-order valence-corrected chi connectivity index (χ2v) is 12.8. The van der Waals surface area contributed by atoms with E-state index in [1.165, 1.54) is 42.1 Å². The summed E-state index contributed by atoms with van der Waals surface area (Å²) in [5.74, 6) is 0.492. The zero-order chi connectivity index (χ0) is 20.2. The molecule has 152 valence electrons. The van der Waals surface area contributed by atoms with Crippen LogP contribution in [0, 0.1) is 12.1 Å². The number of fused-ring (bicyclic) bond motifs is 6. The average Bonchev–Trinajstić information content (AvgIpc) is 3.39. The summed E-state index contributed by atoms with van der Waals surface area (Å²) >= 11 is 4.50. The van der Waals surface area contributed by atoms with Gasteiger partial charge in [-0.15, -0.1) is 47.0 Å². The fraction of sp³-hybridized carbons (Fsp3) is 0.0833. The summed E-state index contributed by atoms with van der Waals surface area (Å²) in [6.45, 7) is 0. The van der Waals surface area contributed by atoms with Crippen LogP contribution in [0.5, 0.6) is 0 Å². The Morgan fingerprint density at radius 1 is 0.967 bits per heavy atom. The minimum Gasteiger partial charge on any atom is -0.813 e. The van der Waals surface area contributed by atoms with E-state index in [2.05, 4.69) is 88.7 Å². The van der Waals surface area contributed by atoms with Crippen molar-refractivity contribution in [1.29, 1.82) is 0 Å². The first-order valence-electron chi connectivity index (χ1n) is 9.02. The molecule has 1 unspecified atom stereocenters. The van der Waals surface area contributed by atoms with Crippen molar-refractivity contribution in [3.05, 3.63) is 110 Å². The molecule has 1 aliphatic heterocycles. The standard InChI is InChI=1S/C13H9.C11H6BrS.2ClH.H2S.Zr/c1-3-7-12-10(5-1)9-11-6-2-4-8-13(11)12;12-11-6-9-8-4-2-1-3-7(8)5-10(9)13-11;;;;/h1-5,7-8H,9H2;1-2,4-6,9H;2*1H;1H2;/q2*-1;;;;+2/p-3. The Labute approximate surface area is 216 Å². The first-order chi connectivity index (χ1) is 14.2. The smallest absolute Gasteiger partial charge is 0.0253 e. The molecule has 0 aromatic heterocycles. The molecule has 30 heavy (non-hydrogen) atoms. The fourth-order valence-electron chi connectivity index (χ4n) is 3.78. The molecule has 6 rings (SSSR count). The summed E-state index contributed by atoms with van der Waals surface area (Å²) < 4.78 is 1.23. The summed E-state index contributed by atoms with van der Waals surface area (Å²) in [6, 6.07) is 27.6. The molecule has 3 aromatic rings. The van der Waals surface area contributed by atoms with E-state index in [0.717, 1.165) is 6.42 Å². The predicted molar refractivity (Wildman–Crippen MR) is 135 cm³/mol. The second-order valence-electron chi connectivity index (χ2n) is 6.60. The molecule has 0 radical (unpaired) electrons. The quantitative estimate of drug-likeness (QED) is 0.112. The number of benzene rings is 3. The summed E-state index contributed by atoms with van der Waals surface area (Å²) in [5.41, 5.74) is 8.15. The molecule has 3 aromatic carbocycles. The van der Waals surface area contributed by atoms with Gasteiger partial charge in [0.05, 0.1) is 3.81 Å². The molecule has 1 heterocycles. The van der Waals surface area contributed by atoms with Crippen LogP contribution in [0.2, 0.25) is 0 Å². The van der Waals surface area contributed by atoms with Crippen molar-refractivity contribution in [3.63, 3.8) is 0 Å². The van der Waals surface area contributed by atoms with Crippen LogP contribution in [-0.4, -0.2) is 0 Å². The Morgan fingerprint density at radius 3 is 2.50 bits per heavy atom. The van der Waals surface area contributed by atoms with E-state index in [1.54, 1.807) is 0 Å². The maximum Gasteiger partial charge on any atom is -0.0253 e. The summed E-state index contributed by atoms with van der Waals surface area (Å²) in [4.78, 5) is 1.42. The molecule has 1 atom stereocenters. The van der Waals surface area contributed by atoms with Crippen molar-refractivity contribution >= 4 is 64.3 Å². The third kappa shape index (κ3) is 5.39. The van der Waals surface area contributed by atoms with Gasteiger partial charge in [0.25, 0.3) is 0 Å². The van der Waals surface area contributed by atoms with Gasteiger partial charge in [0.1, 0.15) is 0 Å². The Balaban J connectivity index is 0.000000147. The molecule has 0 saturated heterocycles. The number of thiol groups is 1. The molecule has 0 fully saturated rings. The maximum atomic E-state index is 4.93. The van der Waals surface area contributed by atoms with Crippen LogP contribution in [0.15, 0.2) is 75.5 Å². The van der Waals surface area contributed by atoms with Gasteiger partial charge in [-0.05, 0) is 33.2 Å². The molecule has 0 saturated carbocycles. The Morgan fingerprint density at radius 2 is 1.67 bits per heavy atom. The first kappa shape index (κ1) is 24.4. The molecular weight excluding hydrogens is 594 g/mol. The maximum absolute atomic E-state index is 4.93. The zero-order valence-electron chi connectivity index (χ0n) is 15.7. The van der Waals surface area contributed by atoms with E-state index in [-0.39, 0.29) is 13.5 Å². The van der Waals surface area contributed by atoms with Crippen LogP contribution in [0.3, 0.4) is 0 Å². The van der Waals surface area contributed by atoms with E-state index in [0.29, 0.717) is 5.92 Å². The number of rotatable bonds is 0. The predicted octanol–water partition coefficient (Wildman–Crippen LogP) is 8.07. The number of allylic oxidation sites excluding steroid dienone is 2. The van der Waals surface area contributed by atoms with Crippen molar-refractivity contribution in [3.8, 4) is 11.1 Å². The molecule has 0 nitrogen and oxygen atoms in total. The van der Waals surface area contributed by atoms with Gasteiger partial charge in [-0.3, -0.25) is 0 Å². The monoisotopic (exact) mass is 607 g/mol. The first-order valence-corrected chi connectivity index (χ1v) is 17.0. The van der Waals surface area contributed by atoms with Gasteiger partial charge in [0.2, 0.25) is 0 Å². The van der Waals surface area contributed by atoms with Crippen LogP contribution in [0.25, 0.3) is 17.2 Å². The average molecular weight is 611 g/mol. The van der Waals surface area contributed by atoms with Gasteiger partial charge in [-0.1, -0.05) is 53.2 Å².